The summed E-state index contributed by atoms with van der Waals surface area (Å²) in [5.74, 6) is 0. The van der Waals surface area contributed by atoms with Gasteiger partial charge in [-0.3, -0.25) is 0 Å². The topological polar surface area (TPSA) is 126 Å². The number of rotatable bonds is 0. The van der Waals surface area contributed by atoms with Gasteiger partial charge < -0.3 is 24.8 Å². The van der Waals surface area contributed by atoms with Gasteiger partial charge in [-0.2, -0.15) is 0 Å². The molecule has 0 atom stereocenters. The van der Waals surface area contributed by atoms with Gasteiger partial charge in [-0.15, -0.1) is 0 Å². The van der Waals surface area contributed by atoms with Crippen molar-refractivity contribution in [2.75, 3.05) is 0 Å². The molecule has 0 spiro atoms. The molecule has 0 amide bonds. The Bertz CT molecular complexity index is 9.65. The molecule has 0 radical (unpaired) electrons. The molecule has 5 heavy (non-hydrogen) atoms. The molecule has 36 valence electrons. The van der Waals surface area contributed by atoms with E-state index < -0.39 is 0 Å². The van der Waals surface area contributed by atoms with Gasteiger partial charge in [-0.25, -0.2) is 0 Å². The standard InChI is InChI=1S/4H2O.Sr.2H/h4*1H2;;;/q;;;;+2;2*-1. The third-order valence-electron chi connectivity index (χ3n) is 0. The van der Waals surface area contributed by atoms with Crippen molar-refractivity contribution in [2.24, 2.45) is 0 Å². The van der Waals surface area contributed by atoms with Crippen LogP contribution in [-0.4, -0.2) is 67.4 Å². The summed E-state index contributed by atoms with van der Waals surface area (Å²) in [6.45, 7) is 0. The fourth-order valence-electron chi connectivity index (χ4n) is 0. The molecule has 0 aliphatic carbocycles. The summed E-state index contributed by atoms with van der Waals surface area (Å²) in [5.41, 5.74) is 0. The average Bonchev–Trinajstić information content (AvgIpc) is 0. The Morgan fingerprint density at radius 2 is 0.600 bits per heavy atom. The molecule has 0 aromatic carbocycles. The van der Waals surface area contributed by atoms with Crippen LogP contribution >= 0.6 is 0 Å². The molecule has 0 saturated carbocycles. The van der Waals surface area contributed by atoms with Crippen LogP contribution in [0.5, 0.6) is 0 Å². The van der Waals surface area contributed by atoms with Gasteiger partial charge in [0.2, 0.25) is 0 Å². The van der Waals surface area contributed by atoms with Crippen LogP contribution in [0.1, 0.15) is 2.85 Å². The fraction of sp³-hybridized carbons (Fsp3) is 0. The Hall–Kier alpha value is 1.32. The molecule has 8 N–H and O–H groups in total. The maximum absolute atomic E-state index is 0. The zero-order valence-electron chi connectivity index (χ0n) is 4.71. The summed E-state index contributed by atoms with van der Waals surface area (Å²) in [5, 5.41) is 0. The molecule has 4 nitrogen and oxygen atoms in total. The molecule has 0 rings (SSSR count). The number of hydrogen-bond donors (Lipinski definition) is 0. The second-order valence-corrected chi connectivity index (χ2v) is 0. The molecule has 5 heteroatoms. The predicted octanol–water partition coefficient (Wildman–Crippen LogP) is -3.45. The van der Waals surface area contributed by atoms with E-state index >= 15 is 0 Å². The van der Waals surface area contributed by atoms with E-state index in [1.165, 1.54) is 0 Å². The van der Waals surface area contributed by atoms with Crippen LogP contribution in [0.25, 0.3) is 0 Å². The molecule has 0 heterocycles. The summed E-state index contributed by atoms with van der Waals surface area (Å²) >= 11 is 0. The van der Waals surface area contributed by atoms with E-state index in [0.29, 0.717) is 0 Å². The summed E-state index contributed by atoms with van der Waals surface area (Å²) in [7, 11) is 0. The first-order valence-corrected chi connectivity index (χ1v) is 0. The summed E-state index contributed by atoms with van der Waals surface area (Å²) in [6.07, 6.45) is 0. The maximum atomic E-state index is 0. The maximum Gasteiger partial charge on any atom is 2.00 e. The smallest absolute Gasteiger partial charge is 1.00 e. The zero-order valence-corrected chi connectivity index (χ0v) is 6.18. The van der Waals surface area contributed by atoms with Crippen LogP contribution in [0.4, 0.5) is 0 Å². The van der Waals surface area contributed by atoms with Crippen molar-refractivity contribution in [1.82, 2.24) is 0 Å². The van der Waals surface area contributed by atoms with E-state index in [-0.39, 0.29) is 70.2 Å². The minimum absolute atomic E-state index is 0. The minimum atomic E-state index is 0. The van der Waals surface area contributed by atoms with Crippen molar-refractivity contribution < 1.29 is 24.8 Å². The third-order valence-corrected chi connectivity index (χ3v) is 0. The van der Waals surface area contributed by atoms with Gasteiger partial charge in [0.15, 0.2) is 0 Å². The molecule has 0 aliphatic heterocycles. The Morgan fingerprint density at radius 3 is 0.600 bits per heavy atom. The molecule has 0 saturated heterocycles. The van der Waals surface area contributed by atoms with Gasteiger partial charge in [-0.05, 0) is 0 Å². The first-order chi connectivity index (χ1) is 0. The summed E-state index contributed by atoms with van der Waals surface area (Å²) < 4.78 is 0. The monoisotopic (exact) mass is 162 g/mol. The first-order valence-electron chi connectivity index (χ1n) is 0. The van der Waals surface area contributed by atoms with E-state index in [0.717, 1.165) is 0 Å². The summed E-state index contributed by atoms with van der Waals surface area (Å²) in [4.78, 5) is 0. The van der Waals surface area contributed by atoms with Gasteiger partial charge in [0.1, 0.15) is 0 Å². The van der Waals surface area contributed by atoms with E-state index in [2.05, 4.69) is 0 Å². The molecule has 0 fully saturated rings. The van der Waals surface area contributed by atoms with E-state index in [1.54, 1.807) is 0 Å². The van der Waals surface area contributed by atoms with Crippen molar-refractivity contribution in [1.29, 1.82) is 0 Å². The second-order valence-electron chi connectivity index (χ2n) is 0. The van der Waals surface area contributed by atoms with E-state index in [4.69, 9.17) is 0 Å². The van der Waals surface area contributed by atoms with Crippen LogP contribution < -0.4 is 0 Å². The molecule has 0 aliphatic rings. The largest absolute Gasteiger partial charge is 2.00 e. The number of hydrogen-bond acceptors (Lipinski definition) is 0. The molecule has 0 aromatic heterocycles. The van der Waals surface area contributed by atoms with Crippen LogP contribution in [0.2, 0.25) is 0 Å². The quantitative estimate of drug-likeness (QED) is 0.328. The zero-order chi connectivity index (χ0) is 0. The van der Waals surface area contributed by atoms with E-state index in [1.807, 2.05) is 0 Å². The first kappa shape index (κ1) is 103. The second kappa shape index (κ2) is 57.0. The Kier molecular flexibility index (Phi) is 1170. The Balaban J connectivity index is 0. The molecule has 0 bridgehead atoms. The Labute approximate surface area is 69.6 Å². The normalized spacial score (nSPS) is 0. The van der Waals surface area contributed by atoms with Crippen LogP contribution in [0.3, 0.4) is 0 Å². The molecule has 0 aromatic rings. The van der Waals surface area contributed by atoms with Crippen molar-refractivity contribution in [2.45, 2.75) is 0 Å². The molecule has 0 unspecified atom stereocenters. The minimum Gasteiger partial charge on any atom is -1.00 e. The molecular formula is H10O4Sr. The van der Waals surface area contributed by atoms with Gasteiger partial charge in [0, 0.05) is 0 Å². The molecular weight excluding hydrogens is 152 g/mol. The summed E-state index contributed by atoms with van der Waals surface area (Å²) in [6, 6.07) is 0. The van der Waals surface area contributed by atoms with Crippen LogP contribution in [0, 0.1) is 0 Å². The van der Waals surface area contributed by atoms with Crippen molar-refractivity contribution in [3.63, 3.8) is 0 Å². The fourth-order valence-corrected chi connectivity index (χ4v) is 0. The van der Waals surface area contributed by atoms with Crippen LogP contribution in [-0.2, 0) is 0 Å². The van der Waals surface area contributed by atoms with Crippen LogP contribution in [0.15, 0.2) is 0 Å². The third kappa shape index (κ3) is 33.6. The average molecular weight is 162 g/mol. The van der Waals surface area contributed by atoms with Gasteiger partial charge in [0.25, 0.3) is 0 Å². The predicted molar refractivity (Wildman–Crippen MR) is 22.4 cm³/mol. The van der Waals surface area contributed by atoms with Crippen molar-refractivity contribution in [3.05, 3.63) is 0 Å². The van der Waals surface area contributed by atoms with Gasteiger partial charge in [-0.1, -0.05) is 0 Å². The van der Waals surface area contributed by atoms with Gasteiger partial charge >= 0.3 is 45.5 Å². The van der Waals surface area contributed by atoms with Crippen molar-refractivity contribution in [3.8, 4) is 0 Å². The Morgan fingerprint density at radius 1 is 0.600 bits per heavy atom. The van der Waals surface area contributed by atoms with E-state index in [9.17, 15) is 0 Å². The van der Waals surface area contributed by atoms with Gasteiger partial charge in [0.05, 0.1) is 0 Å². The van der Waals surface area contributed by atoms with Crippen molar-refractivity contribution >= 4 is 45.5 Å². The SMILES string of the molecule is O.O.O.O.[H-].[H-].[Sr+2].